The number of aromatic amines is 1. The van der Waals surface area contributed by atoms with E-state index < -0.39 is 0 Å². The van der Waals surface area contributed by atoms with Crippen molar-refractivity contribution in [3.05, 3.63) is 16.8 Å². The lowest BCUT2D eigenvalue weighted by Gasteiger charge is -1.92. The Kier molecular flexibility index (Phi) is 2.52. The van der Waals surface area contributed by atoms with Crippen molar-refractivity contribution in [2.75, 3.05) is 0 Å². The molecule has 0 radical (unpaired) electrons. The molecule has 0 fully saturated rings. The number of H-pyrrole nitrogens is 1. The van der Waals surface area contributed by atoms with Gasteiger partial charge in [0.2, 0.25) is 0 Å². The number of hydrogen-bond donors (Lipinski definition) is 1. The number of nitrogens with one attached hydrogen (secondary N) is 1. The number of rotatable bonds is 2. The standard InChI is InChI=1S/C8H9ClN4S/c1-4-3-10-11-6(4)8-13-12-7(14-8)5(2)9/h3,5H,1-2H3,(H,10,11). The van der Waals surface area contributed by atoms with Crippen LogP contribution in [0.25, 0.3) is 10.7 Å². The van der Waals surface area contributed by atoms with Crippen LogP contribution in [0.4, 0.5) is 0 Å². The van der Waals surface area contributed by atoms with Crippen molar-refractivity contribution in [3.63, 3.8) is 0 Å². The highest BCUT2D eigenvalue weighted by atomic mass is 35.5. The van der Waals surface area contributed by atoms with Crippen LogP contribution < -0.4 is 0 Å². The van der Waals surface area contributed by atoms with Crippen LogP contribution in [0.2, 0.25) is 0 Å². The van der Waals surface area contributed by atoms with E-state index in [1.165, 1.54) is 11.3 Å². The number of halogens is 1. The third-order valence-corrected chi connectivity index (χ3v) is 3.28. The minimum atomic E-state index is -0.0931. The Hall–Kier alpha value is -0.940. The zero-order valence-corrected chi connectivity index (χ0v) is 9.35. The summed E-state index contributed by atoms with van der Waals surface area (Å²) >= 11 is 7.39. The lowest BCUT2D eigenvalue weighted by molar-refractivity contribution is 0.959. The highest BCUT2D eigenvalue weighted by Crippen LogP contribution is 2.29. The van der Waals surface area contributed by atoms with Crippen LogP contribution in [0.15, 0.2) is 6.20 Å². The molecule has 74 valence electrons. The summed E-state index contributed by atoms with van der Waals surface area (Å²) in [6, 6.07) is 0. The molecule has 0 aliphatic rings. The zero-order valence-electron chi connectivity index (χ0n) is 7.78. The first-order chi connectivity index (χ1) is 6.68. The van der Waals surface area contributed by atoms with E-state index in [1.807, 2.05) is 13.8 Å². The first-order valence-corrected chi connectivity index (χ1v) is 5.41. The summed E-state index contributed by atoms with van der Waals surface area (Å²) in [5, 5.41) is 16.4. The third kappa shape index (κ3) is 1.65. The highest BCUT2D eigenvalue weighted by molar-refractivity contribution is 7.14. The van der Waals surface area contributed by atoms with Crippen molar-refractivity contribution in [3.8, 4) is 10.7 Å². The number of nitrogens with zero attached hydrogens (tertiary/aromatic N) is 3. The van der Waals surface area contributed by atoms with Gasteiger partial charge in [-0.25, -0.2) is 0 Å². The van der Waals surface area contributed by atoms with Gasteiger partial charge in [-0.05, 0) is 19.4 Å². The van der Waals surface area contributed by atoms with Crippen LogP contribution in [-0.4, -0.2) is 20.4 Å². The Morgan fingerprint density at radius 2 is 2.29 bits per heavy atom. The molecule has 1 atom stereocenters. The molecule has 14 heavy (non-hydrogen) atoms. The molecule has 2 rings (SSSR count). The summed E-state index contributed by atoms with van der Waals surface area (Å²) < 4.78 is 0. The summed E-state index contributed by atoms with van der Waals surface area (Å²) in [5.74, 6) is 0. The Balaban J connectivity index is 2.39. The normalized spacial score (nSPS) is 13.1. The quantitative estimate of drug-likeness (QED) is 0.804. The molecule has 0 saturated heterocycles. The molecule has 4 nitrogen and oxygen atoms in total. The Bertz CT molecular complexity index is 434. The van der Waals surface area contributed by atoms with Crippen LogP contribution in [0.1, 0.15) is 22.9 Å². The summed E-state index contributed by atoms with van der Waals surface area (Å²) in [5.41, 5.74) is 1.99. The van der Waals surface area contributed by atoms with Crippen molar-refractivity contribution < 1.29 is 0 Å². The number of alkyl halides is 1. The maximum absolute atomic E-state index is 5.90. The average molecular weight is 229 g/mol. The van der Waals surface area contributed by atoms with Crippen molar-refractivity contribution in [2.24, 2.45) is 0 Å². The molecule has 0 spiro atoms. The maximum Gasteiger partial charge on any atom is 0.166 e. The Morgan fingerprint density at radius 1 is 1.50 bits per heavy atom. The molecule has 0 aliphatic carbocycles. The monoisotopic (exact) mass is 228 g/mol. The molecule has 2 aromatic rings. The summed E-state index contributed by atoms with van der Waals surface area (Å²) in [7, 11) is 0. The van der Waals surface area contributed by atoms with Crippen molar-refractivity contribution in [2.45, 2.75) is 19.2 Å². The van der Waals surface area contributed by atoms with Crippen LogP contribution in [0, 0.1) is 6.92 Å². The largest absolute Gasteiger partial charge is 0.275 e. The molecule has 0 aliphatic heterocycles. The Morgan fingerprint density at radius 3 is 2.79 bits per heavy atom. The van der Waals surface area contributed by atoms with E-state index in [4.69, 9.17) is 11.6 Å². The first kappa shape index (κ1) is 9.61. The molecule has 0 bridgehead atoms. The summed E-state index contributed by atoms with van der Waals surface area (Å²) in [6.07, 6.45) is 1.76. The van der Waals surface area contributed by atoms with E-state index in [0.717, 1.165) is 21.3 Å². The summed E-state index contributed by atoms with van der Waals surface area (Å²) in [4.78, 5) is 0. The van der Waals surface area contributed by atoms with E-state index >= 15 is 0 Å². The highest BCUT2D eigenvalue weighted by Gasteiger charge is 2.13. The molecular weight excluding hydrogens is 220 g/mol. The number of aromatic nitrogens is 4. The van der Waals surface area contributed by atoms with Gasteiger partial charge in [-0.15, -0.1) is 21.8 Å². The van der Waals surface area contributed by atoms with E-state index in [1.54, 1.807) is 6.20 Å². The van der Waals surface area contributed by atoms with E-state index in [0.29, 0.717) is 0 Å². The molecule has 6 heteroatoms. The number of hydrogen-bond acceptors (Lipinski definition) is 4. The van der Waals surface area contributed by atoms with Gasteiger partial charge in [-0.3, -0.25) is 5.10 Å². The van der Waals surface area contributed by atoms with Gasteiger partial charge in [0.1, 0.15) is 5.01 Å². The molecule has 1 unspecified atom stereocenters. The van der Waals surface area contributed by atoms with Crippen molar-refractivity contribution in [1.29, 1.82) is 0 Å². The van der Waals surface area contributed by atoms with Gasteiger partial charge < -0.3 is 0 Å². The SMILES string of the molecule is Cc1cn[nH]c1-c1nnc(C(C)Cl)s1. The van der Waals surface area contributed by atoms with Gasteiger partial charge in [-0.2, -0.15) is 5.10 Å². The molecule has 0 amide bonds. The maximum atomic E-state index is 5.90. The topological polar surface area (TPSA) is 54.5 Å². The molecular formula is C8H9ClN4S. The van der Waals surface area contributed by atoms with Gasteiger partial charge in [0, 0.05) is 0 Å². The van der Waals surface area contributed by atoms with E-state index in [2.05, 4.69) is 20.4 Å². The molecule has 0 saturated carbocycles. The van der Waals surface area contributed by atoms with Crippen molar-refractivity contribution in [1.82, 2.24) is 20.4 Å². The van der Waals surface area contributed by atoms with Gasteiger partial charge >= 0.3 is 0 Å². The van der Waals surface area contributed by atoms with Gasteiger partial charge in [0.05, 0.1) is 17.3 Å². The second kappa shape index (κ2) is 3.67. The third-order valence-electron chi connectivity index (χ3n) is 1.82. The lowest BCUT2D eigenvalue weighted by Crippen LogP contribution is -1.81. The second-order valence-electron chi connectivity index (χ2n) is 2.99. The minimum absolute atomic E-state index is 0.0931. The molecule has 0 aromatic carbocycles. The predicted molar refractivity (Wildman–Crippen MR) is 56.5 cm³/mol. The van der Waals surface area contributed by atoms with Gasteiger partial charge in [0.15, 0.2) is 5.01 Å². The summed E-state index contributed by atoms with van der Waals surface area (Å²) in [6.45, 7) is 3.86. The fraction of sp³-hybridized carbons (Fsp3) is 0.375. The molecule has 1 N–H and O–H groups in total. The molecule has 2 aromatic heterocycles. The van der Waals surface area contributed by atoms with Gasteiger partial charge in [-0.1, -0.05) is 11.3 Å². The van der Waals surface area contributed by atoms with E-state index in [9.17, 15) is 0 Å². The minimum Gasteiger partial charge on any atom is -0.275 e. The smallest absolute Gasteiger partial charge is 0.166 e. The molecule has 2 heterocycles. The second-order valence-corrected chi connectivity index (χ2v) is 4.65. The fourth-order valence-corrected chi connectivity index (χ4v) is 2.07. The van der Waals surface area contributed by atoms with Crippen molar-refractivity contribution >= 4 is 22.9 Å². The zero-order chi connectivity index (χ0) is 10.1. The van der Waals surface area contributed by atoms with Crippen LogP contribution in [-0.2, 0) is 0 Å². The number of aryl methyl sites for hydroxylation is 1. The lowest BCUT2D eigenvalue weighted by atomic mass is 10.3. The average Bonchev–Trinajstić information content (AvgIpc) is 2.71. The van der Waals surface area contributed by atoms with Crippen LogP contribution >= 0.6 is 22.9 Å². The van der Waals surface area contributed by atoms with Gasteiger partial charge in [0.25, 0.3) is 0 Å². The van der Waals surface area contributed by atoms with Crippen LogP contribution in [0.3, 0.4) is 0 Å². The van der Waals surface area contributed by atoms with Crippen LogP contribution in [0.5, 0.6) is 0 Å². The van der Waals surface area contributed by atoms with E-state index in [-0.39, 0.29) is 5.38 Å². The Labute approximate surface area is 90.3 Å². The first-order valence-electron chi connectivity index (χ1n) is 4.16. The predicted octanol–water partition coefficient (Wildman–Crippen LogP) is 2.54. The fourth-order valence-electron chi connectivity index (χ4n) is 1.06.